The molecule has 3 N–H and O–H groups in total. The van der Waals surface area contributed by atoms with E-state index in [9.17, 15) is 4.79 Å². The zero-order chi connectivity index (χ0) is 24.1. The molecule has 3 nitrogen and oxygen atoms in total. The summed E-state index contributed by atoms with van der Waals surface area (Å²) in [6.45, 7) is 0.743. The lowest BCUT2D eigenvalue weighted by atomic mass is 9.84. The van der Waals surface area contributed by atoms with Gasteiger partial charge in [-0.05, 0) is 28.3 Å². The van der Waals surface area contributed by atoms with Gasteiger partial charge in [-0.25, -0.2) is 8.78 Å². The Balaban J connectivity index is 1.84. The predicted molar refractivity (Wildman–Crippen MR) is 133 cm³/mol. The average Bonchev–Trinajstić information content (AvgIpc) is 2.86. The molecule has 0 saturated carbocycles. The van der Waals surface area contributed by atoms with Crippen LogP contribution in [0, 0.1) is 11.6 Å². The van der Waals surface area contributed by atoms with Crippen molar-refractivity contribution in [2.45, 2.75) is 12.5 Å². The lowest BCUT2D eigenvalue weighted by Gasteiger charge is -2.24. The Bertz CT molecular complexity index is 1280. The van der Waals surface area contributed by atoms with Gasteiger partial charge >= 0.3 is 0 Å². The normalized spacial score (nSPS) is 11.9. The van der Waals surface area contributed by atoms with E-state index >= 15 is 8.78 Å². The summed E-state index contributed by atoms with van der Waals surface area (Å²) in [6.07, 6.45) is 0. The third-order valence-electron chi connectivity index (χ3n) is 5.79. The SMILES string of the molecule is Nc1c(C(=O)Cl)c(C(CNCc2ccccc2)c2ccccc2)c(F)c(F)c1-c1ccccc1. The minimum absolute atomic E-state index is 0.151. The average molecular weight is 477 g/mol. The number of nitrogens with two attached hydrogens (primary N) is 1. The fourth-order valence-electron chi connectivity index (χ4n) is 4.18. The van der Waals surface area contributed by atoms with E-state index in [0.29, 0.717) is 17.7 Å². The highest BCUT2D eigenvalue weighted by Crippen LogP contribution is 2.41. The molecule has 0 spiro atoms. The molecule has 0 bridgehead atoms. The standard InChI is InChI=1S/C28H23ClF2N2O/c29-28(34)24-23(26(31)25(30)22(27(24)32)20-14-8-3-9-15-20)21(19-12-6-2-7-13-19)17-33-16-18-10-4-1-5-11-18/h1-15,21,33H,16-17,32H2. The third-order valence-corrected chi connectivity index (χ3v) is 5.98. The van der Waals surface area contributed by atoms with Crippen molar-refractivity contribution in [1.82, 2.24) is 5.32 Å². The lowest BCUT2D eigenvalue weighted by molar-refractivity contribution is 0.108. The van der Waals surface area contributed by atoms with Crippen LogP contribution in [0.2, 0.25) is 0 Å². The first-order valence-corrected chi connectivity index (χ1v) is 11.2. The van der Waals surface area contributed by atoms with E-state index in [-0.39, 0.29) is 28.9 Å². The van der Waals surface area contributed by atoms with E-state index in [0.717, 1.165) is 5.56 Å². The molecule has 34 heavy (non-hydrogen) atoms. The molecule has 0 heterocycles. The zero-order valence-electron chi connectivity index (χ0n) is 18.3. The number of carbonyl (C=O) groups is 1. The van der Waals surface area contributed by atoms with Crippen LogP contribution < -0.4 is 11.1 Å². The van der Waals surface area contributed by atoms with Gasteiger partial charge in [-0.2, -0.15) is 0 Å². The summed E-state index contributed by atoms with van der Waals surface area (Å²) in [5.74, 6) is -2.94. The molecule has 4 aromatic carbocycles. The van der Waals surface area contributed by atoms with E-state index in [1.54, 1.807) is 54.6 Å². The molecule has 0 aliphatic rings. The van der Waals surface area contributed by atoms with Crippen molar-refractivity contribution in [3.8, 4) is 11.1 Å². The van der Waals surface area contributed by atoms with Crippen molar-refractivity contribution in [3.63, 3.8) is 0 Å². The second kappa shape index (κ2) is 10.6. The van der Waals surface area contributed by atoms with Crippen molar-refractivity contribution in [1.29, 1.82) is 0 Å². The Morgan fingerprint density at radius 1 is 0.853 bits per heavy atom. The molecule has 6 heteroatoms. The number of hydrogen-bond donors (Lipinski definition) is 2. The van der Waals surface area contributed by atoms with Crippen molar-refractivity contribution in [3.05, 3.63) is 125 Å². The van der Waals surface area contributed by atoms with Gasteiger partial charge in [-0.15, -0.1) is 0 Å². The molecule has 1 unspecified atom stereocenters. The second-order valence-corrected chi connectivity index (χ2v) is 8.27. The van der Waals surface area contributed by atoms with Gasteiger partial charge in [-0.3, -0.25) is 4.79 Å². The lowest BCUT2D eigenvalue weighted by Crippen LogP contribution is -2.25. The summed E-state index contributed by atoms with van der Waals surface area (Å²) in [5.41, 5.74) is 7.68. The Kier molecular flexibility index (Phi) is 7.36. The molecular weight excluding hydrogens is 454 g/mol. The molecule has 0 radical (unpaired) electrons. The van der Waals surface area contributed by atoms with E-state index in [4.69, 9.17) is 17.3 Å². The number of benzene rings is 4. The number of nitrogens with one attached hydrogen (secondary N) is 1. The number of nitrogen functional groups attached to an aromatic ring is 1. The molecule has 0 amide bonds. The second-order valence-electron chi connectivity index (χ2n) is 7.92. The third kappa shape index (κ3) is 4.86. The van der Waals surface area contributed by atoms with E-state index in [1.165, 1.54) is 0 Å². The quantitative estimate of drug-likeness (QED) is 0.225. The van der Waals surface area contributed by atoms with Gasteiger partial charge in [0.1, 0.15) is 0 Å². The highest BCUT2D eigenvalue weighted by atomic mass is 35.5. The smallest absolute Gasteiger partial charge is 0.254 e. The van der Waals surface area contributed by atoms with Crippen LogP contribution >= 0.6 is 11.6 Å². The number of anilines is 1. The van der Waals surface area contributed by atoms with Crippen molar-refractivity contribution < 1.29 is 13.6 Å². The molecule has 1 atom stereocenters. The minimum atomic E-state index is -1.13. The van der Waals surface area contributed by atoms with Crippen LogP contribution in [0.1, 0.15) is 33.0 Å². The van der Waals surface area contributed by atoms with Crippen LogP contribution in [-0.4, -0.2) is 11.8 Å². The van der Waals surface area contributed by atoms with Gasteiger partial charge in [0.25, 0.3) is 5.24 Å². The number of halogens is 3. The molecular formula is C28H23ClF2N2O. The molecule has 0 aromatic heterocycles. The van der Waals surface area contributed by atoms with Crippen molar-refractivity contribution >= 4 is 22.5 Å². The number of carbonyl (C=O) groups excluding carboxylic acids is 1. The Morgan fingerprint density at radius 3 is 2.00 bits per heavy atom. The maximum atomic E-state index is 15.8. The van der Waals surface area contributed by atoms with E-state index in [1.807, 2.05) is 36.4 Å². The molecule has 4 rings (SSSR count). The number of hydrogen-bond acceptors (Lipinski definition) is 3. The maximum Gasteiger partial charge on any atom is 0.254 e. The van der Waals surface area contributed by atoms with Crippen molar-refractivity contribution in [2.24, 2.45) is 0 Å². The zero-order valence-corrected chi connectivity index (χ0v) is 19.0. The molecule has 0 saturated heterocycles. The van der Waals surface area contributed by atoms with Gasteiger partial charge in [0, 0.05) is 30.1 Å². The van der Waals surface area contributed by atoms with Crippen LogP contribution in [0.4, 0.5) is 14.5 Å². The first kappa shape index (κ1) is 23.6. The number of rotatable bonds is 8. The largest absolute Gasteiger partial charge is 0.398 e. The van der Waals surface area contributed by atoms with Crippen LogP contribution in [0.25, 0.3) is 11.1 Å². The fraction of sp³-hybridized carbons (Fsp3) is 0.107. The summed E-state index contributed by atoms with van der Waals surface area (Å²) in [4.78, 5) is 12.5. The predicted octanol–water partition coefficient (Wildman–Crippen LogP) is 6.51. The summed E-state index contributed by atoms with van der Waals surface area (Å²) in [5, 5.41) is 2.36. The van der Waals surface area contributed by atoms with Crippen LogP contribution in [0.15, 0.2) is 91.0 Å². The van der Waals surface area contributed by atoms with Crippen LogP contribution in [0.5, 0.6) is 0 Å². The summed E-state index contributed by atoms with van der Waals surface area (Å²) in [7, 11) is 0. The summed E-state index contributed by atoms with van der Waals surface area (Å²) < 4.78 is 31.3. The van der Waals surface area contributed by atoms with E-state index < -0.39 is 22.8 Å². The Morgan fingerprint density at radius 2 is 1.41 bits per heavy atom. The topological polar surface area (TPSA) is 55.1 Å². The fourth-order valence-corrected chi connectivity index (χ4v) is 4.38. The Labute approximate surface area is 202 Å². The van der Waals surface area contributed by atoms with Crippen molar-refractivity contribution in [2.75, 3.05) is 12.3 Å². The highest BCUT2D eigenvalue weighted by molar-refractivity contribution is 6.68. The monoisotopic (exact) mass is 476 g/mol. The molecule has 0 fully saturated rings. The highest BCUT2D eigenvalue weighted by Gasteiger charge is 2.32. The van der Waals surface area contributed by atoms with Crippen LogP contribution in [-0.2, 0) is 6.54 Å². The molecule has 0 aliphatic carbocycles. The summed E-state index contributed by atoms with van der Waals surface area (Å²) in [6, 6.07) is 27.1. The first-order chi connectivity index (χ1) is 16.5. The molecule has 4 aromatic rings. The van der Waals surface area contributed by atoms with Gasteiger partial charge in [0.2, 0.25) is 0 Å². The summed E-state index contributed by atoms with van der Waals surface area (Å²) >= 11 is 5.93. The maximum absolute atomic E-state index is 15.8. The van der Waals surface area contributed by atoms with Gasteiger partial charge < -0.3 is 11.1 Å². The first-order valence-electron chi connectivity index (χ1n) is 10.8. The van der Waals surface area contributed by atoms with Crippen LogP contribution in [0.3, 0.4) is 0 Å². The van der Waals surface area contributed by atoms with Gasteiger partial charge in [-0.1, -0.05) is 91.0 Å². The minimum Gasteiger partial charge on any atom is -0.398 e. The molecule has 0 aliphatic heterocycles. The molecule has 172 valence electrons. The van der Waals surface area contributed by atoms with E-state index in [2.05, 4.69) is 5.32 Å². The van der Waals surface area contributed by atoms with Gasteiger partial charge in [0.15, 0.2) is 11.6 Å². The Hall–Kier alpha value is -3.54. The van der Waals surface area contributed by atoms with Gasteiger partial charge in [0.05, 0.1) is 11.3 Å².